The first-order valence-electron chi connectivity index (χ1n) is 8.24. The molecular formula is C18H27NO3. The highest BCUT2D eigenvalue weighted by Crippen LogP contribution is 2.23. The smallest absolute Gasteiger partial charge is 0.222 e. The molecule has 122 valence electrons. The number of rotatable bonds is 7. The highest BCUT2D eigenvalue weighted by Gasteiger charge is 2.28. The lowest BCUT2D eigenvalue weighted by Crippen LogP contribution is -2.37. The van der Waals surface area contributed by atoms with Gasteiger partial charge in [0.15, 0.2) is 0 Å². The molecule has 1 aliphatic rings. The molecule has 1 amide bonds. The highest BCUT2D eigenvalue weighted by atomic mass is 16.5. The minimum absolute atomic E-state index is 0.191. The van der Waals surface area contributed by atoms with Crippen LogP contribution in [0.5, 0.6) is 5.75 Å². The third-order valence-electron chi connectivity index (χ3n) is 4.20. The fraction of sp³-hybridized carbons (Fsp3) is 0.611. The predicted molar refractivity (Wildman–Crippen MR) is 86.9 cm³/mol. The molecule has 0 aliphatic carbocycles. The Balaban J connectivity index is 1.72. The summed E-state index contributed by atoms with van der Waals surface area (Å²) in [6, 6.07) is 8.13. The Bertz CT molecular complexity index is 487. The van der Waals surface area contributed by atoms with Crippen molar-refractivity contribution < 1.29 is 14.6 Å². The number of ether oxygens (including phenoxy) is 1. The maximum atomic E-state index is 12.3. The number of likely N-dealkylation sites (tertiary alicyclic amines) is 1. The molecule has 2 unspecified atom stereocenters. The van der Waals surface area contributed by atoms with Gasteiger partial charge in [0.2, 0.25) is 5.91 Å². The Morgan fingerprint density at radius 1 is 1.45 bits per heavy atom. The lowest BCUT2D eigenvalue weighted by Gasteiger charge is -2.25. The summed E-state index contributed by atoms with van der Waals surface area (Å²) in [4.78, 5) is 14.2. The van der Waals surface area contributed by atoms with Gasteiger partial charge in [0.05, 0.1) is 12.7 Å². The zero-order valence-corrected chi connectivity index (χ0v) is 13.6. The highest BCUT2D eigenvalue weighted by molar-refractivity contribution is 5.76. The van der Waals surface area contributed by atoms with Gasteiger partial charge in [0, 0.05) is 19.0 Å². The summed E-state index contributed by atoms with van der Waals surface area (Å²) in [5, 5.41) is 9.52. The van der Waals surface area contributed by atoms with Crippen LogP contribution in [0.1, 0.15) is 44.6 Å². The van der Waals surface area contributed by atoms with Crippen LogP contribution in [0, 0.1) is 6.92 Å². The van der Waals surface area contributed by atoms with Crippen molar-refractivity contribution in [1.82, 2.24) is 4.90 Å². The maximum absolute atomic E-state index is 12.3. The molecule has 1 saturated heterocycles. The van der Waals surface area contributed by atoms with Crippen molar-refractivity contribution in [3.63, 3.8) is 0 Å². The van der Waals surface area contributed by atoms with Crippen LogP contribution >= 0.6 is 0 Å². The Morgan fingerprint density at radius 2 is 2.23 bits per heavy atom. The number of carbonyl (C=O) groups excluding carboxylic acids is 1. The number of aliphatic hydroxyl groups is 1. The molecule has 2 atom stereocenters. The largest absolute Gasteiger partial charge is 0.493 e. The third kappa shape index (κ3) is 4.73. The number of hydrogen-bond acceptors (Lipinski definition) is 3. The second-order valence-corrected chi connectivity index (χ2v) is 6.19. The van der Waals surface area contributed by atoms with E-state index in [1.165, 1.54) is 0 Å². The van der Waals surface area contributed by atoms with Crippen LogP contribution in [0.4, 0.5) is 0 Å². The van der Waals surface area contributed by atoms with Crippen LogP contribution in [0.15, 0.2) is 24.3 Å². The van der Waals surface area contributed by atoms with E-state index in [1.807, 2.05) is 36.1 Å². The minimum Gasteiger partial charge on any atom is -0.493 e. The summed E-state index contributed by atoms with van der Waals surface area (Å²) < 4.78 is 5.73. The number of aliphatic hydroxyl groups excluding tert-OH is 1. The molecule has 2 rings (SSSR count). The predicted octanol–water partition coefficient (Wildman–Crippen LogP) is 2.92. The van der Waals surface area contributed by atoms with E-state index < -0.39 is 0 Å². The molecular weight excluding hydrogens is 278 g/mol. The Hall–Kier alpha value is -1.55. The SMILES string of the molecule is Cc1ccccc1OCCCC(=O)N1CCCC1CC(C)O. The van der Waals surface area contributed by atoms with Gasteiger partial charge in [-0.15, -0.1) is 0 Å². The van der Waals surface area contributed by atoms with Crippen molar-refractivity contribution in [2.75, 3.05) is 13.2 Å². The van der Waals surface area contributed by atoms with E-state index in [2.05, 4.69) is 0 Å². The van der Waals surface area contributed by atoms with Crippen LogP contribution in [-0.4, -0.2) is 41.2 Å². The second-order valence-electron chi connectivity index (χ2n) is 6.19. The zero-order valence-electron chi connectivity index (χ0n) is 13.6. The summed E-state index contributed by atoms with van der Waals surface area (Å²) >= 11 is 0. The van der Waals surface area contributed by atoms with Gasteiger partial charge in [-0.25, -0.2) is 0 Å². The van der Waals surface area contributed by atoms with Crippen LogP contribution in [0.3, 0.4) is 0 Å². The molecule has 1 aliphatic heterocycles. The molecule has 1 aromatic rings. The average Bonchev–Trinajstić information content (AvgIpc) is 2.92. The number of aryl methyl sites for hydroxylation is 1. The van der Waals surface area contributed by atoms with Crippen molar-refractivity contribution in [3.8, 4) is 5.75 Å². The van der Waals surface area contributed by atoms with Gasteiger partial charge in [0.25, 0.3) is 0 Å². The van der Waals surface area contributed by atoms with Crippen molar-refractivity contribution in [3.05, 3.63) is 29.8 Å². The Morgan fingerprint density at radius 3 is 2.95 bits per heavy atom. The van der Waals surface area contributed by atoms with Gasteiger partial charge in [-0.05, 0) is 51.2 Å². The molecule has 0 spiro atoms. The summed E-state index contributed by atoms with van der Waals surface area (Å²) in [6.07, 6.45) is 3.64. The molecule has 22 heavy (non-hydrogen) atoms. The van der Waals surface area contributed by atoms with Crippen LogP contribution in [-0.2, 0) is 4.79 Å². The van der Waals surface area contributed by atoms with E-state index in [-0.39, 0.29) is 18.1 Å². The normalized spacial score (nSPS) is 19.2. The molecule has 1 N–H and O–H groups in total. The molecule has 0 saturated carbocycles. The molecule has 1 fully saturated rings. The van der Waals surface area contributed by atoms with Gasteiger partial charge in [-0.2, -0.15) is 0 Å². The Kier molecular flexibility index (Phi) is 6.25. The molecule has 0 aromatic heterocycles. The van der Waals surface area contributed by atoms with Gasteiger partial charge < -0.3 is 14.7 Å². The maximum Gasteiger partial charge on any atom is 0.222 e. The second kappa shape index (κ2) is 8.18. The monoisotopic (exact) mass is 305 g/mol. The average molecular weight is 305 g/mol. The standard InChI is InChI=1S/C18H27NO3/c1-14-7-3-4-9-17(14)22-12-6-10-18(21)19-11-5-8-16(19)13-15(2)20/h3-4,7,9,15-16,20H,5-6,8,10-13H2,1-2H3. The first kappa shape index (κ1) is 16.8. The van der Waals surface area contributed by atoms with E-state index in [0.29, 0.717) is 19.4 Å². The quantitative estimate of drug-likeness (QED) is 0.788. The van der Waals surface area contributed by atoms with Crippen molar-refractivity contribution in [2.24, 2.45) is 0 Å². The number of para-hydroxylation sites is 1. The van der Waals surface area contributed by atoms with E-state index in [1.54, 1.807) is 6.92 Å². The number of benzene rings is 1. The number of carbonyl (C=O) groups is 1. The fourth-order valence-corrected chi connectivity index (χ4v) is 3.07. The minimum atomic E-state index is -0.345. The lowest BCUT2D eigenvalue weighted by molar-refractivity contribution is -0.132. The van der Waals surface area contributed by atoms with Crippen LogP contribution in [0.2, 0.25) is 0 Å². The molecule has 0 bridgehead atoms. The first-order valence-corrected chi connectivity index (χ1v) is 8.24. The number of hydrogen-bond donors (Lipinski definition) is 1. The van der Waals surface area contributed by atoms with Crippen LogP contribution in [0.25, 0.3) is 0 Å². The van der Waals surface area contributed by atoms with Crippen LogP contribution < -0.4 is 4.74 Å². The molecule has 4 nitrogen and oxygen atoms in total. The molecule has 4 heteroatoms. The summed E-state index contributed by atoms with van der Waals surface area (Å²) in [5.41, 5.74) is 1.12. The lowest BCUT2D eigenvalue weighted by atomic mass is 10.1. The van der Waals surface area contributed by atoms with Gasteiger partial charge in [-0.1, -0.05) is 18.2 Å². The van der Waals surface area contributed by atoms with Crippen molar-refractivity contribution in [2.45, 2.75) is 58.1 Å². The molecule has 1 aromatic carbocycles. The zero-order chi connectivity index (χ0) is 15.9. The van der Waals surface area contributed by atoms with E-state index in [4.69, 9.17) is 4.74 Å². The topological polar surface area (TPSA) is 49.8 Å². The Labute approximate surface area is 133 Å². The van der Waals surface area contributed by atoms with Crippen molar-refractivity contribution >= 4 is 5.91 Å². The summed E-state index contributed by atoms with van der Waals surface area (Å²) in [6.45, 7) is 5.20. The van der Waals surface area contributed by atoms with Gasteiger partial charge in [-0.3, -0.25) is 4.79 Å². The first-order chi connectivity index (χ1) is 10.6. The van der Waals surface area contributed by atoms with E-state index >= 15 is 0 Å². The summed E-state index contributed by atoms with van der Waals surface area (Å²) in [5.74, 6) is 1.08. The number of amides is 1. The third-order valence-corrected chi connectivity index (χ3v) is 4.20. The molecule has 1 heterocycles. The van der Waals surface area contributed by atoms with Crippen molar-refractivity contribution in [1.29, 1.82) is 0 Å². The van der Waals surface area contributed by atoms with Gasteiger partial charge in [0.1, 0.15) is 5.75 Å². The number of nitrogens with zero attached hydrogens (tertiary/aromatic N) is 1. The van der Waals surface area contributed by atoms with Gasteiger partial charge >= 0.3 is 0 Å². The molecule has 0 radical (unpaired) electrons. The fourth-order valence-electron chi connectivity index (χ4n) is 3.07. The van der Waals surface area contributed by atoms with E-state index in [0.717, 1.165) is 37.1 Å². The van der Waals surface area contributed by atoms with E-state index in [9.17, 15) is 9.90 Å². The summed E-state index contributed by atoms with van der Waals surface area (Å²) in [7, 11) is 0.